The number of nitrogens with zero attached hydrogens (tertiary/aromatic N) is 2. The maximum absolute atomic E-state index is 10.4. The van der Waals surface area contributed by atoms with E-state index in [0.717, 1.165) is 10.9 Å². The Bertz CT molecular complexity index is 572. The highest BCUT2D eigenvalue weighted by Gasteiger charge is 2.05. The molecule has 2 rings (SSSR count). The van der Waals surface area contributed by atoms with Gasteiger partial charge in [-0.2, -0.15) is 4.98 Å². The lowest BCUT2D eigenvalue weighted by Gasteiger charge is -2.09. The molecule has 0 radical (unpaired) electrons. The van der Waals surface area contributed by atoms with Gasteiger partial charge in [0.2, 0.25) is 5.95 Å². The van der Waals surface area contributed by atoms with Crippen molar-refractivity contribution in [3.63, 3.8) is 0 Å². The van der Waals surface area contributed by atoms with Crippen LogP contribution in [0.2, 0.25) is 0 Å². The lowest BCUT2D eigenvalue weighted by molar-refractivity contribution is 0.161. The lowest BCUT2D eigenvalue weighted by Crippen LogP contribution is -2.19. The molecule has 0 aliphatic rings. The van der Waals surface area contributed by atoms with Crippen LogP contribution in [-0.2, 0) is 4.74 Å². The second-order valence-corrected chi connectivity index (χ2v) is 3.54. The molecule has 7 heteroatoms. The number of aromatic nitrogens is 2. The van der Waals surface area contributed by atoms with Crippen molar-refractivity contribution in [2.75, 3.05) is 24.2 Å². The lowest BCUT2D eigenvalue weighted by atomic mass is 10.2. The second-order valence-electron chi connectivity index (χ2n) is 3.54. The smallest absolute Gasteiger partial charge is 0.404 e. The summed E-state index contributed by atoms with van der Waals surface area (Å²) in [6.45, 7) is 0.553. The Balaban J connectivity index is 2.14. The minimum absolute atomic E-state index is 0.160. The molecule has 1 aromatic heterocycles. The fraction of sp³-hybridized carbons (Fsp3) is 0.182. The molecule has 0 saturated carbocycles. The van der Waals surface area contributed by atoms with E-state index in [9.17, 15) is 4.79 Å². The highest BCUT2D eigenvalue weighted by Crippen LogP contribution is 2.20. The van der Waals surface area contributed by atoms with Gasteiger partial charge in [0, 0.05) is 5.39 Å². The summed E-state index contributed by atoms with van der Waals surface area (Å²) in [6.07, 6.45) is -0.802. The molecule has 1 amide bonds. The van der Waals surface area contributed by atoms with E-state index in [1.807, 2.05) is 24.3 Å². The molecule has 1 heterocycles. The van der Waals surface area contributed by atoms with Crippen molar-refractivity contribution in [3.8, 4) is 0 Å². The van der Waals surface area contributed by atoms with Crippen LogP contribution in [0.5, 0.6) is 0 Å². The molecule has 0 unspecified atom stereocenters. The summed E-state index contributed by atoms with van der Waals surface area (Å²) in [5.74, 6) is 0.790. The number of anilines is 2. The average Bonchev–Trinajstić information content (AvgIpc) is 2.34. The molecule has 0 aliphatic heterocycles. The van der Waals surface area contributed by atoms with E-state index in [2.05, 4.69) is 20.0 Å². The van der Waals surface area contributed by atoms with Gasteiger partial charge in [-0.25, -0.2) is 9.78 Å². The quantitative estimate of drug-likeness (QED) is 0.685. The van der Waals surface area contributed by atoms with Gasteiger partial charge in [0.15, 0.2) is 0 Å². The monoisotopic (exact) mass is 247 g/mol. The minimum Gasteiger partial charge on any atom is -0.448 e. The van der Waals surface area contributed by atoms with Gasteiger partial charge in [0.05, 0.1) is 12.1 Å². The maximum Gasteiger partial charge on any atom is 0.404 e. The highest BCUT2D eigenvalue weighted by atomic mass is 16.5. The van der Waals surface area contributed by atoms with Crippen LogP contribution in [-0.4, -0.2) is 29.2 Å². The zero-order chi connectivity index (χ0) is 13.0. The number of hydrogen-bond donors (Lipinski definition) is 3. The van der Waals surface area contributed by atoms with E-state index in [1.165, 1.54) is 0 Å². The van der Waals surface area contributed by atoms with Gasteiger partial charge in [0.1, 0.15) is 12.4 Å². The Labute approximate surface area is 103 Å². The molecule has 2 aromatic rings. The van der Waals surface area contributed by atoms with Crippen LogP contribution in [0, 0.1) is 0 Å². The Morgan fingerprint density at radius 1 is 1.33 bits per heavy atom. The Morgan fingerprint density at radius 3 is 2.89 bits per heavy atom. The van der Waals surface area contributed by atoms with Crippen molar-refractivity contribution in [1.82, 2.24) is 9.97 Å². The Morgan fingerprint density at radius 2 is 2.11 bits per heavy atom. The number of benzene rings is 1. The summed E-state index contributed by atoms with van der Waals surface area (Å²) in [7, 11) is 0. The molecule has 0 spiro atoms. The van der Waals surface area contributed by atoms with Crippen molar-refractivity contribution >= 4 is 28.8 Å². The summed E-state index contributed by atoms with van der Waals surface area (Å²) >= 11 is 0. The number of fused-ring (bicyclic) bond motifs is 1. The standard InChI is InChI=1S/C11H13N5O2/c12-10-15-8-4-2-1-3-7(8)9(16-10)14-5-6-18-11(13)17/h1-4H,5-6H2,(H2,13,17)(H3,12,14,15,16). The van der Waals surface area contributed by atoms with Gasteiger partial charge in [-0.15, -0.1) is 0 Å². The fourth-order valence-corrected chi connectivity index (χ4v) is 1.55. The SMILES string of the molecule is NC(=O)OCCNc1nc(N)nc2ccccc12. The van der Waals surface area contributed by atoms with Crippen molar-refractivity contribution in [2.45, 2.75) is 0 Å². The molecule has 18 heavy (non-hydrogen) atoms. The first-order valence-electron chi connectivity index (χ1n) is 5.35. The summed E-state index contributed by atoms with van der Waals surface area (Å²) in [5, 5.41) is 3.87. The van der Waals surface area contributed by atoms with Crippen molar-refractivity contribution in [2.24, 2.45) is 5.73 Å². The third-order valence-corrected chi connectivity index (χ3v) is 2.26. The van der Waals surface area contributed by atoms with Gasteiger partial charge in [-0.05, 0) is 12.1 Å². The summed E-state index contributed by atoms with van der Waals surface area (Å²) in [6, 6.07) is 7.48. The van der Waals surface area contributed by atoms with Crippen LogP contribution in [0.4, 0.5) is 16.6 Å². The van der Waals surface area contributed by atoms with E-state index in [4.69, 9.17) is 11.5 Å². The molecule has 94 valence electrons. The van der Waals surface area contributed by atoms with Crippen LogP contribution in [0.25, 0.3) is 10.9 Å². The van der Waals surface area contributed by atoms with Gasteiger partial charge < -0.3 is 21.5 Å². The van der Waals surface area contributed by atoms with Crippen LogP contribution in [0.15, 0.2) is 24.3 Å². The minimum atomic E-state index is -0.802. The van der Waals surface area contributed by atoms with Gasteiger partial charge >= 0.3 is 6.09 Å². The molecule has 0 bridgehead atoms. The summed E-state index contributed by atoms with van der Waals surface area (Å²) in [5.41, 5.74) is 11.2. The van der Waals surface area contributed by atoms with E-state index >= 15 is 0 Å². The molecule has 5 N–H and O–H groups in total. The van der Waals surface area contributed by atoms with Crippen molar-refractivity contribution < 1.29 is 9.53 Å². The number of amides is 1. The third-order valence-electron chi connectivity index (χ3n) is 2.26. The van der Waals surface area contributed by atoms with E-state index < -0.39 is 6.09 Å². The van der Waals surface area contributed by atoms with Crippen LogP contribution < -0.4 is 16.8 Å². The summed E-state index contributed by atoms with van der Waals surface area (Å²) < 4.78 is 4.61. The van der Waals surface area contributed by atoms with Gasteiger partial charge in [-0.3, -0.25) is 0 Å². The van der Waals surface area contributed by atoms with Gasteiger partial charge in [-0.1, -0.05) is 12.1 Å². The number of hydrogen-bond acceptors (Lipinski definition) is 6. The fourth-order valence-electron chi connectivity index (χ4n) is 1.55. The Kier molecular flexibility index (Phi) is 3.42. The predicted octanol–water partition coefficient (Wildman–Crippen LogP) is 0.719. The molecule has 7 nitrogen and oxygen atoms in total. The zero-order valence-corrected chi connectivity index (χ0v) is 9.59. The summed E-state index contributed by atoms with van der Waals surface area (Å²) in [4.78, 5) is 18.6. The Hall–Kier alpha value is -2.57. The number of nitrogens with two attached hydrogens (primary N) is 2. The number of ether oxygens (including phenoxy) is 1. The molecular weight excluding hydrogens is 234 g/mol. The number of primary amides is 1. The molecule has 0 fully saturated rings. The molecule has 0 atom stereocenters. The van der Waals surface area contributed by atoms with Crippen LogP contribution in [0.3, 0.4) is 0 Å². The normalized spacial score (nSPS) is 10.2. The van der Waals surface area contributed by atoms with Crippen LogP contribution >= 0.6 is 0 Å². The third kappa shape index (κ3) is 2.76. The van der Waals surface area contributed by atoms with E-state index in [0.29, 0.717) is 12.4 Å². The average molecular weight is 247 g/mol. The predicted molar refractivity (Wildman–Crippen MR) is 68.0 cm³/mol. The van der Waals surface area contributed by atoms with Crippen molar-refractivity contribution in [3.05, 3.63) is 24.3 Å². The van der Waals surface area contributed by atoms with E-state index in [-0.39, 0.29) is 12.6 Å². The van der Waals surface area contributed by atoms with E-state index in [1.54, 1.807) is 0 Å². The molecular formula is C11H13N5O2. The highest BCUT2D eigenvalue weighted by molar-refractivity contribution is 5.89. The number of carbonyl (C=O) groups is 1. The molecule has 1 aromatic carbocycles. The first-order chi connectivity index (χ1) is 8.66. The molecule has 0 saturated heterocycles. The number of para-hydroxylation sites is 1. The zero-order valence-electron chi connectivity index (χ0n) is 9.59. The van der Waals surface area contributed by atoms with Crippen molar-refractivity contribution in [1.29, 1.82) is 0 Å². The van der Waals surface area contributed by atoms with Crippen LogP contribution in [0.1, 0.15) is 0 Å². The van der Waals surface area contributed by atoms with Gasteiger partial charge in [0.25, 0.3) is 0 Å². The number of nitrogen functional groups attached to an aromatic ring is 1. The number of rotatable bonds is 4. The molecule has 0 aliphatic carbocycles. The number of carbonyl (C=O) groups excluding carboxylic acids is 1. The second kappa shape index (κ2) is 5.17. The number of nitrogens with one attached hydrogen (secondary N) is 1. The largest absolute Gasteiger partial charge is 0.448 e. The first-order valence-corrected chi connectivity index (χ1v) is 5.35. The first kappa shape index (κ1) is 11.9. The maximum atomic E-state index is 10.4. The topological polar surface area (TPSA) is 116 Å².